The lowest BCUT2D eigenvalue weighted by Gasteiger charge is -2.44. The fourth-order valence-electron chi connectivity index (χ4n) is 2.89. The summed E-state index contributed by atoms with van der Waals surface area (Å²) in [7, 11) is 0. The van der Waals surface area contributed by atoms with Gasteiger partial charge < -0.3 is 10.2 Å². The van der Waals surface area contributed by atoms with E-state index in [1.807, 2.05) is 0 Å². The Kier molecular flexibility index (Phi) is 2.58. The summed E-state index contributed by atoms with van der Waals surface area (Å²) in [5.74, 6) is 0.875. The molecular weight excluding hydrogens is 264 g/mol. The minimum atomic E-state index is 0.692. The fourth-order valence-corrected chi connectivity index (χ4v) is 3.25. The molecule has 0 spiro atoms. The molecule has 0 aliphatic carbocycles. The zero-order valence-electron chi connectivity index (χ0n) is 9.54. The Morgan fingerprint density at radius 2 is 2.31 bits per heavy atom. The van der Waals surface area contributed by atoms with Crippen LogP contribution in [0.2, 0.25) is 0 Å². The highest BCUT2D eigenvalue weighted by molar-refractivity contribution is 9.10. The predicted molar refractivity (Wildman–Crippen MR) is 72.2 cm³/mol. The third-order valence-corrected chi connectivity index (χ3v) is 4.27. The topological polar surface area (TPSA) is 15.3 Å². The van der Waals surface area contributed by atoms with Crippen LogP contribution in [0.1, 0.15) is 19.8 Å². The third-order valence-electron chi connectivity index (χ3n) is 3.77. The van der Waals surface area contributed by atoms with E-state index in [1.165, 1.54) is 30.8 Å². The molecule has 3 rings (SSSR count). The van der Waals surface area contributed by atoms with Crippen LogP contribution in [0.5, 0.6) is 0 Å². The van der Waals surface area contributed by atoms with Crippen molar-refractivity contribution in [3.05, 3.63) is 22.7 Å². The van der Waals surface area contributed by atoms with Crippen molar-refractivity contribution in [3.8, 4) is 0 Å². The molecule has 2 unspecified atom stereocenters. The Hall–Kier alpha value is -0.700. The zero-order valence-corrected chi connectivity index (χ0v) is 11.1. The maximum atomic E-state index is 3.55. The largest absolute Gasteiger partial charge is 0.381 e. The van der Waals surface area contributed by atoms with Crippen LogP contribution in [0.4, 0.5) is 11.4 Å². The van der Waals surface area contributed by atoms with Crippen LogP contribution in [0.25, 0.3) is 0 Å². The summed E-state index contributed by atoms with van der Waals surface area (Å²) in [6, 6.07) is 7.25. The van der Waals surface area contributed by atoms with Crippen molar-refractivity contribution in [1.29, 1.82) is 0 Å². The van der Waals surface area contributed by atoms with Crippen molar-refractivity contribution in [2.75, 3.05) is 23.3 Å². The van der Waals surface area contributed by atoms with Gasteiger partial charge in [-0.1, -0.05) is 22.9 Å². The van der Waals surface area contributed by atoms with Crippen molar-refractivity contribution in [3.63, 3.8) is 0 Å². The minimum absolute atomic E-state index is 0.692. The van der Waals surface area contributed by atoms with Gasteiger partial charge in [0.2, 0.25) is 0 Å². The molecule has 1 fully saturated rings. The Morgan fingerprint density at radius 3 is 3.19 bits per heavy atom. The van der Waals surface area contributed by atoms with Crippen LogP contribution in [0.15, 0.2) is 22.7 Å². The molecule has 0 amide bonds. The predicted octanol–water partition coefficient (Wildman–Crippen LogP) is 3.48. The molecule has 1 saturated heterocycles. The van der Waals surface area contributed by atoms with Crippen LogP contribution in [0.3, 0.4) is 0 Å². The van der Waals surface area contributed by atoms with Crippen LogP contribution in [-0.4, -0.2) is 19.1 Å². The molecular formula is C13H17BrN2. The molecule has 1 aromatic rings. The first-order chi connectivity index (χ1) is 7.74. The van der Waals surface area contributed by atoms with Gasteiger partial charge in [0.25, 0.3) is 0 Å². The summed E-state index contributed by atoms with van der Waals surface area (Å²) in [5.41, 5.74) is 2.66. The molecule has 3 heteroatoms. The second-order valence-corrected chi connectivity index (χ2v) is 5.93. The SMILES string of the molecule is CC1CCN2c3ccc(Br)cc3NCC2C1. The van der Waals surface area contributed by atoms with Gasteiger partial charge in [0.15, 0.2) is 0 Å². The summed E-state index contributed by atoms with van der Waals surface area (Å²) >= 11 is 3.53. The number of halogens is 1. The van der Waals surface area contributed by atoms with Crippen molar-refractivity contribution >= 4 is 27.3 Å². The van der Waals surface area contributed by atoms with E-state index in [0.29, 0.717) is 6.04 Å². The van der Waals surface area contributed by atoms with Gasteiger partial charge >= 0.3 is 0 Å². The van der Waals surface area contributed by atoms with E-state index in [-0.39, 0.29) is 0 Å². The molecule has 0 saturated carbocycles. The average molecular weight is 281 g/mol. The number of benzene rings is 1. The first-order valence-corrected chi connectivity index (χ1v) is 6.83. The van der Waals surface area contributed by atoms with Gasteiger partial charge in [-0.2, -0.15) is 0 Å². The van der Waals surface area contributed by atoms with E-state index in [0.717, 1.165) is 16.9 Å². The van der Waals surface area contributed by atoms with Gasteiger partial charge in [-0.05, 0) is 37.0 Å². The van der Waals surface area contributed by atoms with E-state index in [2.05, 4.69) is 51.3 Å². The molecule has 1 N–H and O–H groups in total. The number of nitrogens with one attached hydrogen (secondary N) is 1. The van der Waals surface area contributed by atoms with Crippen molar-refractivity contribution in [2.45, 2.75) is 25.8 Å². The monoisotopic (exact) mass is 280 g/mol. The van der Waals surface area contributed by atoms with Crippen molar-refractivity contribution in [2.24, 2.45) is 5.92 Å². The molecule has 2 heterocycles. The number of piperidine rings is 1. The van der Waals surface area contributed by atoms with E-state index in [4.69, 9.17) is 0 Å². The van der Waals surface area contributed by atoms with Gasteiger partial charge in [-0.15, -0.1) is 0 Å². The van der Waals surface area contributed by atoms with E-state index < -0.39 is 0 Å². The Bertz CT molecular complexity index is 405. The molecule has 16 heavy (non-hydrogen) atoms. The molecule has 0 radical (unpaired) electrons. The van der Waals surface area contributed by atoms with E-state index in [1.54, 1.807) is 0 Å². The lowest BCUT2D eigenvalue weighted by molar-refractivity contribution is 0.367. The van der Waals surface area contributed by atoms with Gasteiger partial charge in [0.1, 0.15) is 0 Å². The number of nitrogens with zero attached hydrogens (tertiary/aromatic N) is 1. The molecule has 86 valence electrons. The first-order valence-electron chi connectivity index (χ1n) is 6.04. The smallest absolute Gasteiger partial charge is 0.0605 e. The molecule has 0 aromatic heterocycles. The quantitative estimate of drug-likeness (QED) is 0.783. The summed E-state index contributed by atoms with van der Waals surface area (Å²) in [5, 5.41) is 3.55. The van der Waals surface area contributed by atoms with Crippen molar-refractivity contribution < 1.29 is 0 Å². The fraction of sp³-hybridized carbons (Fsp3) is 0.538. The lowest BCUT2D eigenvalue weighted by Crippen LogP contribution is -2.48. The standard InChI is InChI=1S/C13H17BrN2/c1-9-4-5-16-11(6-9)8-15-12-7-10(14)2-3-13(12)16/h2-3,7,9,11,15H,4-6,8H2,1H3. The first kappa shape index (κ1) is 10.5. The van der Waals surface area contributed by atoms with Crippen molar-refractivity contribution in [1.82, 2.24) is 0 Å². The zero-order chi connectivity index (χ0) is 11.1. The number of fused-ring (bicyclic) bond motifs is 3. The van der Waals surface area contributed by atoms with Crippen LogP contribution >= 0.6 is 15.9 Å². The second-order valence-electron chi connectivity index (χ2n) is 5.02. The number of rotatable bonds is 0. The highest BCUT2D eigenvalue weighted by Gasteiger charge is 2.30. The maximum absolute atomic E-state index is 3.55. The summed E-state index contributed by atoms with van der Waals surface area (Å²) in [4.78, 5) is 2.58. The summed E-state index contributed by atoms with van der Waals surface area (Å²) in [6.45, 7) is 4.67. The second kappa shape index (κ2) is 3.95. The van der Waals surface area contributed by atoms with E-state index >= 15 is 0 Å². The van der Waals surface area contributed by atoms with E-state index in [9.17, 15) is 0 Å². The lowest BCUT2D eigenvalue weighted by atomic mass is 9.90. The third kappa shape index (κ3) is 1.71. The highest BCUT2D eigenvalue weighted by atomic mass is 79.9. The number of hydrogen-bond donors (Lipinski definition) is 1. The van der Waals surface area contributed by atoms with Gasteiger partial charge in [0.05, 0.1) is 11.4 Å². The normalized spacial score (nSPS) is 28.0. The molecule has 2 nitrogen and oxygen atoms in total. The summed E-state index contributed by atoms with van der Waals surface area (Å²) in [6.07, 6.45) is 2.65. The molecule has 2 atom stereocenters. The molecule has 2 aliphatic rings. The maximum Gasteiger partial charge on any atom is 0.0605 e. The number of anilines is 2. The molecule has 0 bridgehead atoms. The van der Waals surface area contributed by atoms with Crippen LogP contribution in [-0.2, 0) is 0 Å². The number of hydrogen-bond acceptors (Lipinski definition) is 2. The highest BCUT2D eigenvalue weighted by Crippen LogP contribution is 2.37. The molecule has 1 aromatic carbocycles. The van der Waals surface area contributed by atoms with Gasteiger partial charge in [0, 0.05) is 23.6 Å². The molecule has 2 aliphatic heterocycles. The van der Waals surface area contributed by atoms with Gasteiger partial charge in [-0.3, -0.25) is 0 Å². The minimum Gasteiger partial charge on any atom is -0.381 e. The summed E-state index contributed by atoms with van der Waals surface area (Å²) < 4.78 is 1.16. The Morgan fingerprint density at radius 1 is 1.44 bits per heavy atom. The van der Waals surface area contributed by atoms with Crippen LogP contribution in [0, 0.1) is 5.92 Å². The van der Waals surface area contributed by atoms with Gasteiger partial charge in [-0.25, -0.2) is 0 Å². The average Bonchev–Trinajstić information content (AvgIpc) is 2.28. The Labute approximate surface area is 105 Å². The van der Waals surface area contributed by atoms with Crippen LogP contribution < -0.4 is 10.2 Å². The Balaban J connectivity index is 1.94.